The zero-order valence-corrected chi connectivity index (χ0v) is 18.6. The summed E-state index contributed by atoms with van der Waals surface area (Å²) in [5.41, 5.74) is 4.08. The van der Waals surface area contributed by atoms with Crippen molar-refractivity contribution in [2.45, 2.75) is 71.0 Å². The summed E-state index contributed by atoms with van der Waals surface area (Å²) in [6.45, 7) is 4.79. The van der Waals surface area contributed by atoms with Crippen molar-refractivity contribution in [3.63, 3.8) is 0 Å². The molecule has 4 aliphatic carbocycles. The predicted molar refractivity (Wildman–Crippen MR) is 120 cm³/mol. The van der Waals surface area contributed by atoms with E-state index in [0.29, 0.717) is 17.8 Å². The molecule has 0 heterocycles. The fourth-order valence-corrected chi connectivity index (χ4v) is 7.55. The summed E-state index contributed by atoms with van der Waals surface area (Å²) in [5, 5.41) is 21.6. The van der Waals surface area contributed by atoms with Gasteiger partial charge >= 0.3 is 0 Å². The van der Waals surface area contributed by atoms with Crippen LogP contribution in [-0.2, 0) is 0 Å². The summed E-state index contributed by atoms with van der Waals surface area (Å²) in [7, 11) is 1.69. The minimum absolute atomic E-state index is 0.0185. The lowest BCUT2D eigenvalue weighted by Crippen LogP contribution is -2.51. The summed E-state index contributed by atoms with van der Waals surface area (Å²) in [5.74, 6) is 2.74. The SMILES string of the molecule is COc1ccc(/C=C2\C[C@H]3[C@@H]4CC=C5C[C@@H](O)CC[C@@]5(C)[C@@H]4CC[C@@]3(C)[C@@H]2O)cc1. The number of allylic oxidation sites excluding steroid dienone is 1. The molecule has 5 rings (SSSR count). The molecule has 0 aliphatic heterocycles. The lowest BCUT2D eigenvalue weighted by atomic mass is 9.48. The van der Waals surface area contributed by atoms with E-state index < -0.39 is 0 Å². The number of hydrogen-bond donors (Lipinski definition) is 2. The average molecular weight is 409 g/mol. The summed E-state index contributed by atoms with van der Waals surface area (Å²) < 4.78 is 5.28. The maximum Gasteiger partial charge on any atom is 0.118 e. The van der Waals surface area contributed by atoms with Crippen LogP contribution in [0.1, 0.15) is 64.4 Å². The Hall–Kier alpha value is -1.58. The first-order chi connectivity index (χ1) is 14.3. The first-order valence-electron chi connectivity index (χ1n) is 11.8. The first kappa shape index (κ1) is 20.3. The van der Waals surface area contributed by atoms with Crippen molar-refractivity contribution in [2.75, 3.05) is 7.11 Å². The van der Waals surface area contributed by atoms with Gasteiger partial charge in [-0.3, -0.25) is 0 Å². The molecule has 0 radical (unpaired) electrons. The van der Waals surface area contributed by atoms with Crippen LogP contribution in [0.4, 0.5) is 0 Å². The Labute approximate surface area is 180 Å². The van der Waals surface area contributed by atoms with Crippen LogP contribution >= 0.6 is 0 Å². The molecule has 0 amide bonds. The normalized spacial score (nSPS) is 44.1. The van der Waals surface area contributed by atoms with Crippen LogP contribution in [-0.4, -0.2) is 29.5 Å². The van der Waals surface area contributed by atoms with Gasteiger partial charge in [0.15, 0.2) is 0 Å². The van der Waals surface area contributed by atoms with E-state index in [0.717, 1.165) is 49.8 Å². The van der Waals surface area contributed by atoms with Gasteiger partial charge in [0.1, 0.15) is 5.75 Å². The molecule has 1 aromatic rings. The van der Waals surface area contributed by atoms with Gasteiger partial charge in [0.2, 0.25) is 0 Å². The Kier molecular flexibility index (Phi) is 4.91. The summed E-state index contributed by atoms with van der Waals surface area (Å²) in [6, 6.07) is 8.14. The molecular weight excluding hydrogens is 372 g/mol. The molecule has 3 heteroatoms. The van der Waals surface area contributed by atoms with Gasteiger partial charge in [0, 0.05) is 5.41 Å². The molecule has 2 N–H and O–H groups in total. The Morgan fingerprint density at radius 3 is 2.50 bits per heavy atom. The lowest BCUT2D eigenvalue weighted by Gasteiger charge is -2.57. The second kappa shape index (κ2) is 7.24. The fourth-order valence-electron chi connectivity index (χ4n) is 7.55. The molecule has 7 atom stereocenters. The molecule has 162 valence electrons. The average Bonchev–Trinajstić information content (AvgIpc) is 3.00. The number of ether oxygens (including phenoxy) is 1. The summed E-state index contributed by atoms with van der Waals surface area (Å²) in [4.78, 5) is 0. The molecular formula is C27H36O3. The molecule has 0 aromatic heterocycles. The molecule has 0 unspecified atom stereocenters. The van der Waals surface area contributed by atoms with Gasteiger partial charge in [-0.2, -0.15) is 0 Å². The second-order valence-corrected chi connectivity index (χ2v) is 10.8. The first-order valence-corrected chi connectivity index (χ1v) is 11.8. The van der Waals surface area contributed by atoms with Gasteiger partial charge in [-0.1, -0.05) is 43.7 Å². The van der Waals surface area contributed by atoms with Gasteiger partial charge in [0.05, 0.1) is 19.3 Å². The van der Waals surface area contributed by atoms with Crippen molar-refractivity contribution >= 4 is 6.08 Å². The zero-order valence-electron chi connectivity index (χ0n) is 18.6. The van der Waals surface area contributed by atoms with E-state index in [1.807, 2.05) is 12.1 Å². The third-order valence-corrected chi connectivity index (χ3v) is 9.41. The highest BCUT2D eigenvalue weighted by molar-refractivity contribution is 5.56. The number of aliphatic hydroxyl groups excluding tert-OH is 2. The van der Waals surface area contributed by atoms with E-state index in [2.05, 4.69) is 38.1 Å². The Bertz CT molecular complexity index is 869. The van der Waals surface area contributed by atoms with Gasteiger partial charge in [-0.05, 0) is 91.4 Å². The van der Waals surface area contributed by atoms with Crippen LogP contribution in [0.15, 0.2) is 41.5 Å². The number of methoxy groups -OCH3 is 1. The largest absolute Gasteiger partial charge is 0.497 e. The van der Waals surface area contributed by atoms with Crippen LogP contribution in [0.25, 0.3) is 6.08 Å². The molecule has 0 saturated heterocycles. The van der Waals surface area contributed by atoms with Crippen LogP contribution in [0.3, 0.4) is 0 Å². The Morgan fingerprint density at radius 2 is 1.77 bits per heavy atom. The molecule has 3 fully saturated rings. The third-order valence-electron chi connectivity index (χ3n) is 9.41. The number of benzene rings is 1. The van der Waals surface area contributed by atoms with E-state index in [9.17, 15) is 10.2 Å². The highest BCUT2D eigenvalue weighted by Gasteiger charge is 2.59. The Balaban J connectivity index is 1.44. The lowest BCUT2D eigenvalue weighted by molar-refractivity contribution is -0.0685. The minimum Gasteiger partial charge on any atom is -0.497 e. The predicted octanol–water partition coefficient (Wildman–Crippen LogP) is 5.37. The smallest absolute Gasteiger partial charge is 0.118 e. The van der Waals surface area contributed by atoms with E-state index in [1.54, 1.807) is 7.11 Å². The molecule has 0 bridgehead atoms. The van der Waals surface area contributed by atoms with Crippen molar-refractivity contribution in [3.8, 4) is 5.75 Å². The molecule has 0 spiro atoms. The van der Waals surface area contributed by atoms with Gasteiger partial charge < -0.3 is 14.9 Å². The molecule has 4 aliphatic rings. The maximum atomic E-state index is 11.4. The van der Waals surface area contributed by atoms with E-state index >= 15 is 0 Å². The third kappa shape index (κ3) is 3.00. The van der Waals surface area contributed by atoms with Gasteiger partial charge in [-0.25, -0.2) is 0 Å². The second-order valence-electron chi connectivity index (χ2n) is 10.8. The van der Waals surface area contributed by atoms with Crippen molar-refractivity contribution in [1.82, 2.24) is 0 Å². The van der Waals surface area contributed by atoms with Crippen molar-refractivity contribution in [3.05, 3.63) is 47.1 Å². The topological polar surface area (TPSA) is 49.7 Å². The van der Waals surface area contributed by atoms with Crippen LogP contribution in [0, 0.1) is 28.6 Å². The Morgan fingerprint density at radius 1 is 1.00 bits per heavy atom. The zero-order chi connectivity index (χ0) is 21.1. The van der Waals surface area contributed by atoms with E-state index in [-0.39, 0.29) is 23.0 Å². The van der Waals surface area contributed by atoms with Crippen molar-refractivity contribution in [1.29, 1.82) is 0 Å². The summed E-state index contributed by atoms with van der Waals surface area (Å²) in [6.07, 6.45) is 11.5. The van der Waals surface area contributed by atoms with Crippen LogP contribution in [0.2, 0.25) is 0 Å². The standard InChI is InChI=1S/C27H36O3/c1-26-12-10-20(28)16-19(26)6-9-22-23(26)11-13-27(2)24(22)15-18(25(27)29)14-17-4-7-21(30-3)8-5-17/h4-8,14,20,22-25,28-29H,9-13,15-16H2,1-3H3/b18-14+/t20-,22+,23+,24-,25+,26+,27+/m0/s1. The number of aliphatic hydroxyl groups is 2. The minimum atomic E-state index is -0.350. The fraction of sp³-hybridized carbons (Fsp3) is 0.630. The molecule has 3 saturated carbocycles. The number of rotatable bonds is 2. The highest BCUT2D eigenvalue weighted by atomic mass is 16.5. The maximum absolute atomic E-state index is 11.4. The van der Waals surface area contributed by atoms with Gasteiger partial charge in [-0.15, -0.1) is 0 Å². The van der Waals surface area contributed by atoms with Crippen molar-refractivity contribution < 1.29 is 14.9 Å². The van der Waals surface area contributed by atoms with E-state index in [4.69, 9.17) is 4.74 Å². The summed E-state index contributed by atoms with van der Waals surface area (Å²) >= 11 is 0. The number of fused-ring (bicyclic) bond motifs is 5. The van der Waals surface area contributed by atoms with E-state index in [1.165, 1.54) is 17.6 Å². The van der Waals surface area contributed by atoms with Crippen molar-refractivity contribution in [2.24, 2.45) is 28.6 Å². The number of hydrogen-bond acceptors (Lipinski definition) is 3. The monoisotopic (exact) mass is 408 g/mol. The molecule has 1 aromatic carbocycles. The molecule has 30 heavy (non-hydrogen) atoms. The molecule has 3 nitrogen and oxygen atoms in total. The van der Waals surface area contributed by atoms with Crippen LogP contribution < -0.4 is 4.74 Å². The highest BCUT2D eigenvalue weighted by Crippen LogP contribution is 2.65. The van der Waals surface area contributed by atoms with Crippen LogP contribution in [0.5, 0.6) is 5.75 Å². The van der Waals surface area contributed by atoms with Gasteiger partial charge in [0.25, 0.3) is 0 Å². The quantitative estimate of drug-likeness (QED) is 0.647.